The van der Waals surface area contributed by atoms with Crippen LogP contribution in [0.4, 0.5) is 5.69 Å². The number of aliphatic hydroxyl groups excluding tert-OH is 1. The zero-order valence-electron chi connectivity index (χ0n) is 10.9. The number of para-hydroxylation sites is 1. The van der Waals surface area contributed by atoms with Gasteiger partial charge in [-0.05, 0) is 46.3 Å². The van der Waals surface area contributed by atoms with Gasteiger partial charge in [0, 0.05) is 8.95 Å². The Bertz CT molecular complexity index is 720. The van der Waals surface area contributed by atoms with Crippen molar-refractivity contribution in [3.63, 3.8) is 0 Å². The second kappa shape index (κ2) is 6.91. The summed E-state index contributed by atoms with van der Waals surface area (Å²) in [6.45, 7) is -0.273. The molecule has 0 saturated carbocycles. The first-order valence-corrected chi connectivity index (χ1v) is 9.13. The second-order valence-corrected chi connectivity index (χ2v) is 7.81. The van der Waals surface area contributed by atoms with Crippen molar-refractivity contribution in [1.29, 1.82) is 0 Å². The van der Waals surface area contributed by atoms with Gasteiger partial charge in [-0.25, -0.2) is 8.42 Å². The van der Waals surface area contributed by atoms with E-state index in [2.05, 4.69) is 31.9 Å². The van der Waals surface area contributed by atoms with Gasteiger partial charge in [-0.1, -0.05) is 34.1 Å². The summed E-state index contributed by atoms with van der Waals surface area (Å²) in [6, 6.07) is 13.7. The monoisotopic (exact) mass is 433 g/mol. The third-order valence-corrected chi connectivity index (χ3v) is 6.12. The number of benzene rings is 2. The molecule has 0 atom stereocenters. The van der Waals surface area contributed by atoms with E-state index in [0.717, 1.165) is 0 Å². The fourth-order valence-corrected chi connectivity index (χ4v) is 4.79. The fraction of sp³-hybridized carbons (Fsp3) is 0.143. The van der Waals surface area contributed by atoms with E-state index in [1.54, 1.807) is 36.4 Å². The summed E-state index contributed by atoms with van der Waals surface area (Å²) < 4.78 is 28.1. The van der Waals surface area contributed by atoms with E-state index in [1.807, 2.05) is 6.07 Å². The Balaban J connectivity index is 2.55. The lowest BCUT2D eigenvalue weighted by molar-refractivity contribution is 0.306. The zero-order valence-corrected chi connectivity index (χ0v) is 14.9. The van der Waals surface area contributed by atoms with Crippen LogP contribution in [0.1, 0.15) is 0 Å². The Kier molecular flexibility index (Phi) is 5.43. The van der Waals surface area contributed by atoms with Gasteiger partial charge in [0.05, 0.1) is 18.8 Å². The molecule has 0 amide bonds. The molecule has 0 radical (unpaired) electrons. The maximum Gasteiger partial charge on any atom is 0.265 e. The van der Waals surface area contributed by atoms with Crippen molar-refractivity contribution >= 4 is 47.6 Å². The molecular weight excluding hydrogens is 422 g/mol. The Morgan fingerprint density at radius 3 is 2.33 bits per heavy atom. The van der Waals surface area contributed by atoms with Crippen LogP contribution < -0.4 is 4.31 Å². The van der Waals surface area contributed by atoms with E-state index in [-0.39, 0.29) is 18.0 Å². The standard InChI is InChI=1S/C14H13Br2NO3S/c15-11-6-7-13(16)14(10-11)21(19,20)17(8-9-18)12-4-2-1-3-5-12/h1-7,10,18H,8-9H2. The number of halogens is 2. The van der Waals surface area contributed by atoms with Gasteiger partial charge < -0.3 is 5.11 Å². The number of nitrogens with zero attached hydrogens (tertiary/aromatic N) is 1. The molecule has 2 aromatic carbocycles. The molecule has 0 saturated heterocycles. The molecule has 1 N–H and O–H groups in total. The highest BCUT2D eigenvalue weighted by Crippen LogP contribution is 2.30. The summed E-state index contributed by atoms with van der Waals surface area (Å²) in [5.41, 5.74) is 0.512. The van der Waals surface area contributed by atoms with Gasteiger partial charge >= 0.3 is 0 Å². The van der Waals surface area contributed by atoms with Crippen molar-refractivity contribution in [1.82, 2.24) is 0 Å². The van der Waals surface area contributed by atoms with Crippen molar-refractivity contribution in [3.05, 3.63) is 57.5 Å². The predicted octanol–water partition coefficient (Wildman–Crippen LogP) is 3.40. The van der Waals surface area contributed by atoms with Crippen LogP contribution in [-0.4, -0.2) is 26.7 Å². The molecule has 112 valence electrons. The minimum Gasteiger partial charge on any atom is -0.394 e. The molecule has 7 heteroatoms. The molecule has 0 aromatic heterocycles. The van der Waals surface area contributed by atoms with Crippen molar-refractivity contribution in [3.8, 4) is 0 Å². The van der Waals surface area contributed by atoms with Crippen LogP contribution in [0.5, 0.6) is 0 Å². The van der Waals surface area contributed by atoms with Gasteiger partial charge in [0.1, 0.15) is 4.90 Å². The Morgan fingerprint density at radius 2 is 1.71 bits per heavy atom. The summed E-state index contributed by atoms with van der Waals surface area (Å²) in [5, 5.41) is 9.21. The molecule has 0 bridgehead atoms. The van der Waals surface area contributed by atoms with Gasteiger partial charge in [0.15, 0.2) is 0 Å². The molecule has 0 aliphatic rings. The molecule has 0 aliphatic heterocycles. The second-order valence-electron chi connectivity index (χ2n) is 4.21. The van der Waals surface area contributed by atoms with Crippen molar-refractivity contribution in [2.24, 2.45) is 0 Å². The van der Waals surface area contributed by atoms with Gasteiger partial charge in [-0.15, -0.1) is 0 Å². The van der Waals surface area contributed by atoms with Crippen molar-refractivity contribution in [2.45, 2.75) is 4.90 Å². The molecule has 0 spiro atoms. The number of rotatable bonds is 5. The minimum atomic E-state index is -3.77. The molecule has 21 heavy (non-hydrogen) atoms. The zero-order chi connectivity index (χ0) is 15.5. The van der Waals surface area contributed by atoms with Crippen LogP contribution in [0.2, 0.25) is 0 Å². The molecule has 2 rings (SSSR count). The number of hydrogen-bond donors (Lipinski definition) is 1. The first-order valence-electron chi connectivity index (χ1n) is 6.10. The summed E-state index contributed by atoms with van der Waals surface area (Å²) in [5.74, 6) is 0. The number of anilines is 1. The van der Waals surface area contributed by atoms with E-state index in [4.69, 9.17) is 0 Å². The largest absolute Gasteiger partial charge is 0.394 e. The van der Waals surface area contributed by atoms with Crippen LogP contribution >= 0.6 is 31.9 Å². The third-order valence-electron chi connectivity index (χ3n) is 2.81. The van der Waals surface area contributed by atoms with E-state index in [9.17, 15) is 13.5 Å². The van der Waals surface area contributed by atoms with Gasteiger partial charge in [0.25, 0.3) is 10.0 Å². The molecule has 2 aromatic rings. The van der Waals surface area contributed by atoms with Crippen LogP contribution in [-0.2, 0) is 10.0 Å². The molecule has 0 fully saturated rings. The first kappa shape index (κ1) is 16.5. The first-order chi connectivity index (χ1) is 9.96. The number of aliphatic hydroxyl groups is 1. The van der Waals surface area contributed by atoms with E-state index in [0.29, 0.717) is 14.6 Å². The molecule has 4 nitrogen and oxygen atoms in total. The lowest BCUT2D eigenvalue weighted by Gasteiger charge is -2.24. The Morgan fingerprint density at radius 1 is 1.05 bits per heavy atom. The summed E-state index contributed by atoms with van der Waals surface area (Å²) >= 11 is 6.55. The maximum atomic E-state index is 12.9. The number of hydrogen-bond acceptors (Lipinski definition) is 3. The highest BCUT2D eigenvalue weighted by Gasteiger charge is 2.26. The average Bonchev–Trinajstić information content (AvgIpc) is 2.48. The topological polar surface area (TPSA) is 57.6 Å². The van der Waals surface area contributed by atoms with Gasteiger partial charge in [-0.2, -0.15) is 0 Å². The third kappa shape index (κ3) is 3.66. The van der Waals surface area contributed by atoms with Crippen LogP contribution in [0.3, 0.4) is 0 Å². The van der Waals surface area contributed by atoms with Crippen LogP contribution in [0, 0.1) is 0 Å². The van der Waals surface area contributed by atoms with Gasteiger partial charge in [0.2, 0.25) is 0 Å². The molecular formula is C14H13Br2NO3S. The van der Waals surface area contributed by atoms with Crippen LogP contribution in [0.15, 0.2) is 62.4 Å². The quantitative estimate of drug-likeness (QED) is 0.784. The average molecular weight is 435 g/mol. The fourth-order valence-electron chi connectivity index (χ4n) is 1.87. The smallest absolute Gasteiger partial charge is 0.265 e. The van der Waals surface area contributed by atoms with Gasteiger partial charge in [-0.3, -0.25) is 4.31 Å². The number of sulfonamides is 1. The van der Waals surface area contributed by atoms with E-state index < -0.39 is 10.0 Å². The SMILES string of the molecule is O=S(=O)(c1cc(Br)ccc1Br)N(CCO)c1ccccc1. The normalized spacial score (nSPS) is 11.4. The summed E-state index contributed by atoms with van der Waals surface area (Å²) in [6.07, 6.45) is 0. The summed E-state index contributed by atoms with van der Waals surface area (Å²) in [7, 11) is -3.77. The van der Waals surface area contributed by atoms with Crippen molar-refractivity contribution in [2.75, 3.05) is 17.5 Å². The lowest BCUT2D eigenvalue weighted by Crippen LogP contribution is -2.33. The predicted molar refractivity (Wildman–Crippen MR) is 89.9 cm³/mol. The van der Waals surface area contributed by atoms with E-state index >= 15 is 0 Å². The van der Waals surface area contributed by atoms with Crippen LogP contribution in [0.25, 0.3) is 0 Å². The van der Waals surface area contributed by atoms with E-state index in [1.165, 1.54) is 10.4 Å². The highest BCUT2D eigenvalue weighted by molar-refractivity contribution is 9.11. The molecule has 0 heterocycles. The molecule has 0 unspecified atom stereocenters. The Labute approximate surface area is 140 Å². The van der Waals surface area contributed by atoms with Crippen molar-refractivity contribution < 1.29 is 13.5 Å². The molecule has 0 aliphatic carbocycles. The maximum absolute atomic E-state index is 12.9. The highest BCUT2D eigenvalue weighted by atomic mass is 79.9. The Hall–Kier alpha value is -0.890. The minimum absolute atomic E-state index is 0.00863. The summed E-state index contributed by atoms with van der Waals surface area (Å²) in [4.78, 5) is 0.147. The lowest BCUT2D eigenvalue weighted by atomic mass is 10.3.